The molecular weight excluding hydrogens is 212 g/mol. The van der Waals surface area contributed by atoms with Gasteiger partial charge in [0.05, 0.1) is 12.2 Å². The van der Waals surface area contributed by atoms with E-state index >= 15 is 0 Å². The van der Waals surface area contributed by atoms with Gasteiger partial charge in [-0.1, -0.05) is 26.2 Å². The van der Waals surface area contributed by atoms with Crippen molar-refractivity contribution in [1.29, 1.82) is 0 Å². The summed E-state index contributed by atoms with van der Waals surface area (Å²) in [6, 6.07) is 0.413. The highest BCUT2D eigenvalue weighted by Crippen LogP contribution is 2.31. The number of rotatable bonds is 3. The van der Waals surface area contributed by atoms with Gasteiger partial charge in [-0.2, -0.15) is 0 Å². The SMILES string of the molecule is CCC1NC(C)C(=O)N1C(C)C1CCCCC1. The van der Waals surface area contributed by atoms with Gasteiger partial charge in [0, 0.05) is 6.04 Å². The fourth-order valence-corrected chi connectivity index (χ4v) is 3.46. The summed E-state index contributed by atoms with van der Waals surface area (Å²) in [5.74, 6) is 1.02. The standard InChI is InChI=1S/C14H26N2O/c1-4-13-15-10(2)14(17)16(13)11(3)12-8-6-5-7-9-12/h10-13,15H,4-9H2,1-3H3. The van der Waals surface area contributed by atoms with Crippen molar-refractivity contribution in [3.05, 3.63) is 0 Å². The summed E-state index contributed by atoms with van der Waals surface area (Å²) in [6.07, 6.45) is 7.93. The predicted molar refractivity (Wildman–Crippen MR) is 69.6 cm³/mol. The molecule has 3 unspecified atom stereocenters. The maximum atomic E-state index is 12.2. The molecule has 0 bridgehead atoms. The molecule has 0 aromatic heterocycles. The molecule has 0 aromatic carbocycles. The highest BCUT2D eigenvalue weighted by atomic mass is 16.2. The smallest absolute Gasteiger partial charge is 0.240 e. The molecule has 1 heterocycles. The molecule has 1 aliphatic carbocycles. The lowest BCUT2D eigenvalue weighted by molar-refractivity contribution is -0.133. The van der Waals surface area contributed by atoms with Gasteiger partial charge in [-0.25, -0.2) is 0 Å². The Labute approximate surface area is 105 Å². The van der Waals surface area contributed by atoms with E-state index in [1.807, 2.05) is 6.92 Å². The van der Waals surface area contributed by atoms with E-state index in [1.54, 1.807) is 0 Å². The quantitative estimate of drug-likeness (QED) is 0.819. The lowest BCUT2D eigenvalue weighted by Gasteiger charge is -2.37. The maximum Gasteiger partial charge on any atom is 0.240 e. The second-order valence-corrected chi connectivity index (χ2v) is 5.70. The Morgan fingerprint density at radius 3 is 2.59 bits per heavy atom. The topological polar surface area (TPSA) is 32.3 Å². The molecule has 0 spiro atoms. The van der Waals surface area contributed by atoms with Crippen molar-refractivity contribution in [3.63, 3.8) is 0 Å². The fraction of sp³-hybridized carbons (Fsp3) is 0.929. The van der Waals surface area contributed by atoms with Crippen LogP contribution in [0.15, 0.2) is 0 Å². The van der Waals surface area contributed by atoms with Crippen molar-refractivity contribution in [2.45, 2.75) is 77.5 Å². The summed E-state index contributed by atoms with van der Waals surface area (Å²) in [7, 11) is 0. The largest absolute Gasteiger partial charge is 0.323 e. The first-order valence-electron chi connectivity index (χ1n) is 7.23. The van der Waals surface area contributed by atoms with Gasteiger partial charge in [-0.3, -0.25) is 10.1 Å². The fourth-order valence-electron chi connectivity index (χ4n) is 3.46. The molecule has 0 aromatic rings. The minimum Gasteiger partial charge on any atom is -0.323 e. The molecule has 3 heteroatoms. The van der Waals surface area contributed by atoms with Gasteiger partial charge in [-0.05, 0) is 39.0 Å². The monoisotopic (exact) mass is 238 g/mol. The van der Waals surface area contributed by atoms with Crippen LogP contribution >= 0.6 is 0 Å². The van der Waals surface area contributed by atoms with Crippen LogP contribution in [0.2, 0.25) is 0 Å². The van der Waals surface area contributed by atoms with Crippen LogP contribution in [0.25, 0.3) is 0 Å². The third-order valence-corrected chi connectivity index (χ3v) is 4.56. The van der Waals surface area contributed by atoms with Crippen LogP contribution in [0, 0.1) is 5.92 Å². The molecule has 3 nitrogen and oxygen atoms in total. The molecule has 2 fully saturated rings. The molecule has 98 valence electrons. The van der Waals surface area contributed by atoms with Gasteiger partial charge in [-0.15, -0.1) is 0 Å². The second-order valence-electron chi connectivity index (χ2n) is 5.70. The summed E-state index contributed by atoms with van der Waals surface area (Å²) in [5, 5.41) is 3.40. The summed E-state index contributed by atoms with van der Waals surface area (Å²) in [6.45, 7) is 6.39. The molecule has 0 radical (unpaired) electrons. The van der Waals surface area contributed by atoms with E-state index in [1.165, 1.54) is 32.1 Å². The minimum absolute atomic E-state index is 0.00555. The van der Waals surface area contributed by atoms with Crippen molar-refractivity contribution in [3.8, 4) is 0 Å². The van der Waals surface area contributed by atoms with Crippen LogP contribution in [-0.4, -0.2) is 29.1 Å². The summed E-state index contributed by atoms with van der Waals surface area (Å²) < 4.78 is 0. The van der Waals surface area contributed by atoms with Crippen molar-refractivity contribution in [1.82, 2.24) is 10.2 Å². The van der Waals surface area contributed by atoms with Crippen molar-refractivity contribution in [2.75, 3.05) is 0 Å². The number of nitrogens with one attached hydrogen (secondary N) is 1. The highest BCUT2D eigenvalue weighted by molar-refractivity contribution is 5.84. The third-order valence-electron chi connectivity index (χ3n) is 4.56. The first-order valence-corrected chi connectivity index (χ1v) is 7.23. The Kier molecular flexibility index (Phi) is 4.08. The minimum atomic E-state index is 0.00555. The maximum absolute atomic E-state index is 12.2. The summed E-state index contributed by atoms with van der Waals surface area (Å²) in [4.78, 5) is 14.3. The molecule has 1 N–H and O–H groups in total. The Balaban J connectivity index is 2.05. The van der Waals surface area contributed by atoms with Crippen LogP contribution in [0.1, 0.15) is 59.3 Å². The van der Waals surface area contributed by atoms with Gasteiger partial charge in [0.15, 0.2) is 0 Å². The van der Waals surface area contributed by atoms with Gasteiger partial charge < -0.3 is 4.90 Å². The van der Waals surface area contributed by atoms with E-state index in [-0.39, 0.29) is 12.2 Å². The van der Waals surface area contributed by atoms with Crippen LogP contribution in [0.5, 0.6) is 0 Å². The normalized spacial score (nSPS) is 33.1. The van der Waals surface area contributed by atoms with E-state index in [0.29, 0.717) is 17.9 Å². The van der Waals surface area contributed by atoms with E-state index in [2.05, 4.69) is 24.1 Å². The zero-order chi connectivity index (χ0) is 12.4. The molecule has 2 rings (SSSR count). The van der Waals surface area contributed by atoms with Crippen molar-refractivity contribution >= 4 is 5.91 Å². The van der Waals surface area contributed by atoms with Crippen LogP contribution in [-0.2, 0) is 4.79 Å². The zero-order valence-electron chi connectivity index (χ0n) is 11.4. The van der Waals surface area contributed by atoms with Crippen molar-refractivity contribution < 1.29 is 4.79 Å². The number of carbonyl (C=O) groups is 1. The summed E-state index contributed by atoms with van der Waals surface area (Å²) in [5.41, 5.74) is 0. The lowest BCUT2D eigenvalue weighted by Crippen LogP contribution is -2.46. The Morgan fingerprint density at radius 2 is 2.00 bits per heavy atom. The van der Waals surface area contributed by atoms with Crippen LogP contribution in [0.3, 0.4) is 0 Å². The number of carbonyl (C=O) groups excluding carboxylic acids is 1. The average Bonchev–Trinajstić information content (AvgIpc) is 2.65. The predicted octanol–water partition coefficient (Wildman–Crippen LogP) is 2.51. The Bertz CT molecular complexity index is 273. The van der Waals surface area contributed by atoms with Crippen LogP contribution in [0.4, 0.5) is 0 Å². The molecule has 1 saturated carbocycles. The third kappa shape index (κ3) is 2.49. The Hall–Kier alpha value is -0.570. The van der Waals surface area contributed by atoms with Gasteiger partial charge in [0.25, 0.3) is 0 Å². The Morgan fingerprint density at radius 1 is 1.35 bits per heavy atom. The molecule has 3 atom stereocenters. The first kappa shape index (κ1) is 12.9. The lowest BCUT2D eigenvalue weighted by atomic mass is 9.84. The molecule has 1 saturated heterocycles. The summed E-state index contributed by atoms with van der Waals surface area (Å²) >= 11 is 0. The molecule has 17 heavy (non-hydrogen) atoms. The zero-order valence-corrected chi connectivity index (χ0v) is 11.4. The van der Waals surface area contributed by atoms with E-state index in [9.17, 15) is 4.79 Å². The molecule has 1 amide bonds. The average molecular weight is 238 g/mol. The number of hydrogen-bond donors (Lipinski definition) is 1. The molecule has 1 aliphatic heterocycles. The molecule has 2 aliphatic rings. The van der Waals surface area contributed by atoms with E-state index in [0.717, 1.165) is 6.42 Å². The number of hydrogen-bond acceptors (Lipinski definition) is 2. The van der Waals surface area contributed by atoms with Gasteiger partial charge >= 0.3 is 0 Å². The van der Waals surface area contributed by atoms with Gasteiger partial charge in [0.1, 0.15) is 0 Å². The first-order chi connectivity index (χ1) is 8.15. The van der Waals surface area contributed by atoms with E-state index in [4.69, 9.17) is 0 Å². The van der Waals surface area contributed by atoms with Gasteiger partial charge in [0.2, 0.25) is 5.91 Å². The number of amides is 1. The van der Waals surface area contributed by atoms with E-state index < -0.39 is 0 Å². The molecular formula is C14H26N2O. The number of nitrogens with zero attached hydrogens (tertiary/aromatic N) is 1. The highest BCUT2D eigenvalue weighted by Gasteiger charge is 2.40. The van der Waals surface area contributed by atoms with Crippen LogP contribution < -0.4 is 5.32 Å². The van der Waals surface area contributed by atoms with Crippen molar-refractivity contribution in [2.24, 2.45) is 5.92 Å². The second kappa shape index (κ2) is 5.38.